The van der Waals surface area contributed by atoms with Gasteiger partial charge in [-0.25, -0.2) is 5.43 Å². The molecule has 0 radical (unpaired) electrons. The predicted octanol–water partition coefficient (Wildman–Crippen LogP) is 3.85. The summed E-state index contributed by atoms with van der Waals surface area (Å²) in [6.45, 7) is 1.66. The first kappa shape index (κ1) is 15.4. The number of amides is 1. The van der Waals surface area contributed by atoms with Crippen molar-refractivity contribution in [2.45, 2.75) is 6.92 Å². The summed E-state index contributed by atoms with van der Waals surface area (Å²) in [4.78, 5) is 11.9. The lowest BCUT2D eigenvalue weighted by molar-refractivity contribution is 0.0955. The fourth-order valence-electron chi connectivity index (χ4n) is 1.69. The third-order valence-corrected chi connectivity index (χ3v) is 3.23. The standard InChI is InChI=1S/C15H12Cl2N2O2/c1-9(13-8-12(17)5-6-14(13)20)18-19-15(21)10-3-2-4-11(16)7-10/h2-8,20H,1H3,(H,19,21)/b18-9+. The largest absolute Gasteiger partial charge is 0.507 e. The van der Waals surface area contributed by atoms with Crippen molar-refractivity contribution in [2.75, 3.05) is 0 Å². The number of hydrogen-bond donors (Lipinski definition) is 2. The highest BCUT2D eigenvalue weighted by Gasteiger charge is 2.08. The zero-order valence-electron chi connectivity index (χ0n) is 11.1. The van der Waals surface area contributed by atoms with Crippen molar-refractivity contribution in [1.29, 1.82) is 0 Å². The Balaban J connectivity index is 2.17. The lowest BCUT2D eigenvalue weighted by Gasteiger charge is -2.06. The number of phenolic OH excluding ortho intramolecular Hbond substituents is 1. The Bertz CT molecular complexity index is 715. The highest BCUT2D eigenvalue weighted by atomic mass is 35.5. The van der Waals surface area contributed by atoms with Crippen LogP contribution >= 0.6 is 23.2 Å². The van der Waals surface area contributed by atoms with E-state index in [4.69, 9.17) is 23.2 Å². The first-order valence-electron chi connectivity index (χ1n) is 6.06. The molecule has 2 N–H and O–H groups in total. The van der Waals surface area contributed by atoms with Crippen molar-refractivity contribution in [3.8, 4) is 5.75 Å². The summed E-state index contributed by atoms with van der Waals surface area (Å²) in [5.74, 6) is -0.351. The van der Waals surface area contributed by atoms with E-state index >= 15 is 0 Å². The minimum atomic E-state index is -0.390. The van der Waals surface area contributed by atoms with Crippen LogP contribution in [0.1, 0.15) is 22.8 Å². The summed E-state index contributed by atoms with van der Waals surface area (Å²) in [6, 6.07) is 11.1. The maximum absolute atomic E-state index is 11.9. The van der Waals surface area contributed by atoms with E-state index in [9.17, 15) is 9.90 Å². The van der Waals surface area contributed by atoms with E-state index in [-0.39, 0.29) is 5.75 Å². The van der Waals surface area contributed by atoms with Crippen molar-refractivity contribution >= 4 is 34.8 Å². The molecule has 0 aromatic heterocycles. The zero-order chi connectivity index (χ0) is 15.4. The van der Waals surface area contributed by atoms with Crippen LogP contribution in [0, 0.1) is 0 Å². The number of nitrogens with one attached hydrogen (secondary N) is 1. The van der Waals surface area contributed by atoms with Crippen LogP contribution in [0.5, 0.6) is 5.75 Å². The van der Waals surface area contributed by atoms with E-state index in [1.165, 1.54) is 6.07 Å². The van der Waals surface area contributed by atoms with Crippen molar-refractivity contribution in [2.24, 2.45) is 5.10 Å². The lowest BCUT2D eigenvalue weighted by atomic mass is 10.1. The van der Waals surface area contributed by atoms with Gasteiger partial charge < -0.3 is 5.11 Å². The fraction of sp³-hybridized carbons (Fsp3) is 0.0667. The third kappa shape index (κ3) is 3.97. The molecule has 108 valence electrons. The quantitative estimate of drug-likeness (QED) is 0.666. The second-order valence-corrected chi connectivity index (χ2v) is 5.18. The maximum Gasteiger partial charge on any atom is 0.271 e. The SMILES string of the molecule is C/C(=N\NC(=O)c1cccc(Cl)c1)c1cc(Cl)ccc1O. The van der Waals surface area contributed by atoms with Crippen molar-refractivity contribution < 1.29 is 9.90 Å². The van der Waals surface area contributed by atoms with E-state index in [0.717, 1.165) is 0 Å². The smallest absolute Gasteiger partial charge is 0.271 e. The molecule has 0 saturated carbocycles. The van der Waals surface area contributed by atoms with Gasteiger partial charge in [0.15, 0.2) is 0 Å². The van der Waals surface area contributed by atoms with Crippen LogP contribution in [0.2, 0.25) is 10.0 Å². The fourth-order valence-corrected chi connectivity index (χ4v) is 2.05. The van der Waals surface area contributed by atoms with Gasteiger partial charge in [0, 0.05) is 21.2 Å². The Morgan fingerprint density at radius 2 is 1.86 bits per heavy atom. The summed E-state index contributed by atoms with van der Waals surface area (Å²) < 4.78 is 0. The summed E-state index contributed by atoms with van der Waals surface area (Å²) >= 11 is 11.7. The van der Waals surface area contributed by atoms with Gasteiger partial charge in [-0.2, -0.15) is 5.10 Å². The second kappa shape index (κ2) is 6.61. The minimum Gasteiger partial charge on any atom is -0.507 e. The van der Waals surface area contributed by atoms with E-state index < -0.39 is 5.91 Å². The first-order valence-corrected chi connectivity index (χ1v) is 6.82. The van der Waals surface area contributed by atoms with Gasteiger partial charge in [0.1, 0.15) is 5.75 Å². The van der Waals surface area contributed by atoms with E-state index in [1.807, 2.05) is 0 Å². The molecule has 21 heavy (non-hydrogen) atoms. The molecule has 0 spiro atoms. The Hall–Kier alpha value is -2.04. The Kier molecular flexibility index (Phi) is 4.83. The van der Waals surface area contributed by atoms with Gasteiger partial charge in [0.05, 0.1) is 5.71 Å². The highest BCUT2D eigenvalue weighted by Crippen LogP contribution is 2.22. The van der Waals surface area contributed by atoms with Crippen molar-refractivity contribution in [3.05, 3.63) is 63.6 Å². The molecule has 0 fully saturated rings. The van der Waals surface area contributed by atoms with Crippen LogP contribution in [0.15, 0.2) is 47.6 Å². The molecule has 2 rings (SSSR count). The lowest BCUT2D eigenvalue weighted by Crippen LogP contribution is -2.19. The van der Waals surface area contributed by atoms with Crippen LogP contribution in [0.25, 0.3) is 0 Å². The van der Waals surface area contributed by atoms with Crippen LogP contribution in [-0.2, 0) is 0 Å². The van der Waals surface area contributed by atoms with Crippen LogP contribution in [0.4, 0.5) is 0 Å². The van der Waals surface area contributed by atoms with Crippen LogP contribution in [0.3, 0.4) is 0 Å². The topological polar surface area (TPSA) is 61.7 Å². The maximum atomic E-state index is 11.9. The highest BCUT2D eigenvalue weighted by molar-refractivity contribution is 6.31. The van der Waals surface area contributed by atoms with Gasteiger partial charge in [-0.3, -0.25) is 4.79 Å². The van der Waals surface area contributed by atoms with Crippen molar-refractivity contribution in [1.82, 2.24) is 5.43 Å². The molecular formula is C15H12Cl2N2O2. The summed E-state index contributed by atoms with van der Waals surface area (Å²) in [5.41, 5.74) is 3.69. The number of hydrazone groups is 1. The first-order chi connectivity index (χ1) is 9.97. The number of halogens is 2. The normalized spacial score (nSPS) is 11.3. The number of aromatic hydroxyl groups is 1. The molecule has 1 amide bonds. The van der Waals surface area contributed by atoms with Gasteiger partial charge in [-0.1, -0.05) is 29.3 Å². The number of carbonyl (C=O) groups is 1. The number of hydrogen-bond acceptors (Lipinski definition) is 3. The Labute approximate surface area is 132 Å². The monoisotopic (exact) mass is 322 g/mol. The summed E-state index contributed by atoms with van der Waals surface area (Å²) in [6.07, 6.45) is 0. The predicted molar refractivity (Wildman–Crippen MR) is 84.2 cm³/mol. The number of benzene rings is 2. The van der Waals surface area contributed by atoms with Crippen LogP contribution < -0.4 is 5.43 Å². The molecule has 0 heterocycles. The second-order valence-electron chi connectivity index (χ2n) is 4.31. The molecule has 2 aromatic rings. The number of rotatable bonds is 3. The molecular weight excluding hydrogens is 311 g/mol. The third-order valence-electron chi connectivity index (χ3n) is 2.76. The van der Waals surface area contributed by atoms with Gasteiger partial charge in [0.25, 0.3) is 5.91 Å². The molecule has 0 aliphatic carbocycles. The zero-order valence-corrected chi connectivity index (χ0v) is 12.6. The number of phenols is 1. The van der Waals surface area contributed by atoms with Gasteiger partial charge in [0.2, 0.25) is 0 Å². The van der Waals surface area contributed by atoms with Gasteiger partial charge >= 0.3 is 0 Å². The van der Waals surface area contributed by atoms with Gasteiger partial charge in [-0.05, 0) is 43.3 Å². The van der Waals surface area contributed by atoms with Crippen molar-refractivity contribution in [3.63, 3.8) is 0 Å². The number of carbonyl (C=O) groups excluding carboxylic acids is 1. The molecule has 0 saturated heterocycles. The number of nitrogens with zero attached hydrogens (tertiary/aromatic N) is 1. The molecule has 0 atom stereocenters. The molecule has 0 aliphatic heterocycles. The minimum absolute atomic E-state index is 0.0395. The average Bonchev–Trinajstić information content (AvgIpc) is 2.47. The molecule has 6 heteroatoms. The van der Waals surface area contributed by atoms with Crippen LogP contribution in [-0.4, -0.2) is 16.7 Å². The summed E-state index contributed by atoms with van der Waals surface area (Å²) in [7, 11) is 0. The Morgan fingerprint density at radius 1 is 1.14 bits per heavy atom. The van der Waals surface area contributed by atoms with Gasteiger partial charge in [-0.15, -0.1) is 0 Å². The molecule has 0 unspecified atom stereocenters. The average molecular weight is 323 g/mol. The summed E-state index contributed by atoms with van der Waals surface area (Å²) in [5, 5.41) is 14.7. The van der Waals surface area contributed by atoms with E-state index in [2.05, 4.69) is 10.5 Å². The molecule has 0 bridgehead atoms. The van der Waals surface area contributed by atoms with E-state index in [1.54, 1.807) is 43.3 Å². The molecule has 2 aromatic carbocycles. The molecule has 0 aliphatic rings. The Morgan fingerprint density at radius 3 is 2.57 bits per heavy atom. The van der Waals surface area contributed by atoms with E-state index in [0.29, 0.717) is 26.9 Å². The molecule has 4 nitrogen and oxygen atoms in total.